The number of nitrogens with zero attached hydrogens (tertiary/aromatic N) is 4. The van der Waals surface area contributed by atoms with Crippen molar-refractivity contribution in [2.24, 2.45) is 5.92 Å². The third-order valence-electron chi connectivity index (χ3n) is 5.90. The van der Waals surface area contributed by atoms with Gasteiger partial charge in [-0.15, -0.1) is 0 Å². The van der Waals surface area contributed by atoms with Crippen LogP contribution in [0.2, 0.25) is 0 Å². The molecule has 2 fully saturated rings. The summed E-state index contributed by atoms with van der Waals surface area (Å²) in [5, 5.41) is 8.07. The highest BCUT2D eigenvalue weighted by molar-refractivity contribution is 5.81. The molecule has 0 aliphatic carbocycles. The average molecular weight is 365 g/mol. The Kier molecular flexibility index (Phi) is 4.45. The number of ether oxygens (including phenoxy) is 1. The largest absolute Gasteiger partial charge is 0.357 e. The van der Waals surface area contributed by atoms with Gasteiger partial charge in [-0.25, -0.2) is 9.67 Å². The highest BCUT2D eigenvalue weighted by Gasteiger charge is 2.21. The highest BCUT2D eigenvalue weighted by atomic mass is 16.5. The molecule has 2 aromatic heterocycles. The molecule has 2 aliphatic heterocycles. The smallest absolute Gasteiger partial charge is 0.150 e. The fourth-order valence-electron chi connectivity index (χ4n) is 4.42. The molecule has 1 N–H and O–H groups in total. The minimum Gasteiger partial charge on any atom is -0.357 e. The molecule has 4 heterocycles. The van der Waals surface area contributed by atoms with Crippen LogP contribution >= 0.6 is 0 Å². The van der Waals surface area contributed by atoms with E-state index >= 15 is 0 Å². The fourth-order valence-corrected chi connectivity index (χ4v) is 4.42. The Morgan fingerprint density at radius 2 is 2.22 bits per heavy atom. The van der Waals surface area contributed by atoms with Crippen LogP contribution in [0.25, 0.3) is 22.2 Å². The number of hydrogen-bond donors (Lipinski definition) is 1. The summed E-state index contributed by atoms with van der Waals surface area (Å²) in [5.41, 5.74) is 4.54. The second-order valence-electron chi connectivity index (χ2n) is 8.04. The van der Waals surface area contributed by atoms with E-state index in [1.165, 1.54) is 18.4 Å². The van der Waals surface area contributed by atoms with Crippen LogP contribution in [0, 0.1) is 5.92 Å². The maximum Gasteiger partial charge on any atom is 0.150 e. The summed E-state index contributed by atoms with van der Waals surface area (Å²) in [6.07, 6.45) is 10.7. The van der Waals surface area contributed by atoms with Gasteiger partial charge >= 0.3 is 0 Å². The van der Waals surface area contributed by atoms with E-state index in [1.54, 1.807) is 0 Å². The number of imidazole rings is 1. The number of fused-ring (bicyclic) bond motifs is 1. The van der Waals surface area contributed by atoms with Crippen LogP contribution in [-0.4, -0.2) is 38.5 Å². The zero-order chi connectivity index (χ0) is 18.2. The van der Waals surface area contributed by atoms with Gasteiger partial charge in [0, 0.05) is 31.0 Å². The zero-order valence-electron chi connectivity index (χ0n) is 15.8. The van der Waals surface area contributed by atoms with Crippen molar-refractivity contribution in [3.05, 3.63) is 36.9 Å². The van der Waals surface area contributed by atoms with E-state index in [0.717, 1.165) is 49.2 Å². The molecule has 6 heteroatoms. The van der Waals surface area contributed by atoms with E-state index in [4.69, 9.17) is 4.74 Å². The van der Waals surface area contributed by atoms with E-state index in [1.807, 2.05) is 17.2 Å². The van der Waals surface area contributed by atoms with Crippen molar-refractivity contribution < 1.29 is 4.74 Å². The van der Waals surface area contributed by atoms with E-state index in [9.17, 15) is 0 Å². The number of rotatable bonds is 4. The summed E-state index contributed by atoms with van der Waals surface area (Å²) in [7, 11) is 0. The molecule has 2 aliphatic rings. The Hall–Kier alpha value is -2.18. The van der Waals surface area contributed by atoms with Gasteiger partial charge in [0.1, 0.15) is 6.23 Å². The summed E-state index contributed by atoms with van der Waals surface area (Å²) >= 11 is 0. The highest BCUT2D eigenvalue weighted by Crippen LogP contribution is 2.28. The molecule has 0 radical (unpaired) electrons. The van der Waals surface area contributed by atoms with Crippen LogP contribution < -0.4 is 5.32 Å². The molecule has 0 amide bonds. The maximum absolute atomic E-state index is 5.84. The monoisotopic (exact) mass is 365 g/mol. The molecule has 2 saturated heterocycles. The van der Waals surface area contributed by atoms with Gasteiger partial charge in [0.25, 0.3) is 0 Å². The number of benzene rings is 1. The first kappa shape index (κ1) is 17.0. The van der Waals surface area contributed by atoms with Crippen molar-refractivity contribution in [1.82, 2.24) is 24.6 Å². The number of hydrogen-bond acceptors (Lipinski definition) is 4. The van der Waals surface area contributed by atoms with Crippen LogP contribution in [0.5, 0.6) is 0 Å². The van der Waals surface area contributed by atoms with Gasteiger partial charge in [0.15, 0.2) is 0 Å². The summed E-state index contributed by atoms with van der Waals surface area (Å²) in [5.74, 6) is 0.686. The molecule has 142 valence electrons. The molecule has 0 bridgehead atoms. The molecule has 0 spiro atoms. The molecule has 3 unspecified atom stereocenters. The van der Waals surface area contributed by atoms with Crippen molar-refractivity contribution >= 4 is 11.0 Å². The first-order valence-corrected chi connectivity index (χ1v) is 10.1. The van der Waals surface area contributed by atoms with Gasteiger partial charge in [-0.2, -0.15) is 5.10 Å². The summed E-state index contributed by atoms with van der Waals surface area (Å²) < 4.78 is 10.1. The van der Waals surface area contributed by atoms with Crippen LogP contribution in [0.3, 0.4) is 0 Å². The van der Waals surface area contributed by atoms with Crippen LogP contribution in [-0.2, 0) is 11.3 Å². The molecule has 5 rings (SSSR count). The summed E-state index contributed by atoms with van der Waals surface area (Å²) in [4.78, 5) is 4.65. The molecular formula is C21H27N5O. The molecular weight excluding hydrogens is 338 g/mol. The van der Waals surface area contributed by atoms with Gasteiger partial charge in [-0.05, 0) is 62.8 Å². The average Bonchev–Trinajstić information content (AvgIpc) is 3.43. The van der Waals surface area contributed by atoms with Crippen LogP contribution in [0.15, 0.2) is 36.9 Å². The molecule has 3 aromatic rings. The second kappa shape index (κ2) is 7.09. The third kappa shape index (κ3) is 3.39. The third-order valence-corrected chi connectivity index (χ3v) is 5.90. The Balaban J connectivity index is 1.36. The lowest BCUT2D eigenvalue weighted by molar-refractivity contribution is -0.0394. The van der Waals surface area contributed by atoms with E-state index < -0.39 is 0 Å². The van der Waals surface area contributed by atoms with Crippen LogP contribution in [0.4, 0.5) is 0 Å². The van der Waals surface area contributed by atoms with Crippen molar-refractivity contribution in [3.63, 3.8) is 0 Å². The quantitative estimate of drug-likeness (QED) is 0.768. The molecule has 1 aromatic carbocycles. The Morgan fingerprint density at radius 1 is 1.26 bits per heavy atom. The van der Waals surface area contributed by atoms with Crippen molar-refractivity contribution in [2.75, 3.05) is 13.2 Å². The van der Waals surface area contributed by atoms with Gasteiger partial charge in [-0.3, -0.25) is 0 Å². The second-order valence-corrected chi connectivity index (χ2v) is 8.04. The molecule has 0 saturated carbocycles. The SMILES string of the molecule is CC1CC(Cn2cnc3cc(-c4cnn(C5CCCCO5)c4)ccc32)CN1. The Bertz CT molecular complexity index is 924. The first-order valence-electron chi connectivity index (χ1n) is 10.1. The minimum absolute atomic E-state index is 0.0813. The number of aromatic nitrogens is 4. The topological polar surface area (TPSA) is 56.9 Å². The van der Waals surface area contributed by atoms with Gasteiger partial charge in [0.05, 0.1) is 23.6 Å². The first-order chi connectivity index (χ1) is 13.3. The minimum atomic E-state index is 0.0813. The van der Waals surface area contributed by atoms with Gasteiger partial charge < -0.3 is 14.6 Å². The molecule has 6 nitrogen and oxygen atoms in total. The standard InChI is InChI=1S/C21H27N5O/c1-15-8-16(10-22-15)12-25-14-23-19-9-17(5-6-20(19)25)18-11-24-26(13-18)21-4-2-3-7-27-21/h5-6,9,11,13-16,21-22H,2-4,7-8,10,12H2,1H3. The fraction of sp³-hybridized carbons (Fsp3) is 0.524. The molecule has 3 atom stereocenters. The predicted molar refractivity (Wildman–Crippen MR) is 105 cm³/mol. The number of nitrogens with one attached hydrogen (secondary N) is 1. The van der Waals surface area contributed by atoms with E-state index in [2.05, 4.69) is 51.3 Å². The van der Waals surface area contributed by atoms with Crippen LogP contribution in [0.1, 0.15) is 38.8 Å². The van der Waals surface area contributed by atoms with E-state index in [0.29, 0.717) is 12.0 Å². The summed E-state index contributed by atoms with van der Waals surface area (Å²) in [6, 6.07) is 7.17. The lowest BCUT2D eigenvalue weighted by atomic mass is 10.1. The predicted octanol–water partition coefficient (Wildman–Crippen LogP) is 3.60. The van der Waals surface area contributed by atoms with E-state index in [-0.39, 0.29) is 6.23 Å². The zero-order valence-corrected chi connectivity index (χ0v) is 15.8. The van der Waals surface area contributed by atoms with Crippen molar-refractivity contribution in [3.8, 4) is 11.1 Å². The van der Waals surface area contributed by atoms with Crippen molar-refractivity contribution in [2.45, 2.75) is 51.4 Å². The Labute approximate surface area is 159 Å². The lowest BCUT2D eigenvalue weighted by Crippen LogP contribution is -2.18. The Morgan fingerprint density at radius 3 is 3.04 bits per heavy atom. The molecule has 27 heavy (non-hydrogen) atoms. The summed E-state index contributed by atoms with van der Waals surface area (Å²) in [6.45, 7) is 5.22. The normalized spacial score (nSPS) is 26.0. The maximum atomic E-state index is 5.84. The van der Waals surface area contributed by atoms with Crippen molar-refractivity contribution in [1.29, 1.82) is 0 Å². The van der Waals surface area contributed by atoms with Gasteiger partial charge in [-0.1, -0.05) is 6.07 Å². The van der Waals surface area contributed by atoms with Gasteiger partial charge in [0.2, 0.25) is 0 Å². The lowest BCUT2D eigenvalue weighted by Gasteiger charge is -2.22.